The Morgan fingerprint density at radius 3 is 2.18 bits per heavy atom. The summed E-state index contributed by atoms with van der Waals surface area (Å²) >= 11 is 6.00. The summed E-state index contributed by atoms with van der Waals surface area (Å²) in [4.78, 5) is 27.3. The standard InChI is InChI=1S/C30H27ClN6O/c1-21-27-28(35-16-18-36(19-17-35)30(38)23-12-14-24(31)15-13-23)32-26(20-22-8-4-2-5-9-22)33-29(27)37(34-21)25-10-6-3-7-11-25/h2-15H,16-20H2,1H3. The highest BCUT2D eigenvalue weighted by Crippen LogP contribution is 2.30. The third kappa shape index (κ3) is 4.73. The summed E-state index contributed by atoms with van der Waals surface area (Å²) in [5, 5.41) is 6.44. The maximum absolute atomic E-state index is 13.1. The summed E-state index contributed by atoms with van der Waals surface area (Å²) in [5.41, 5.74) is 4.43. The Morgan fingerprint density at radius 2 is 1.50 bits per heavy atom. The van der Waals surface area contributed by atoms with E-state index in [0.29, 0.717) is 43.2 Å². The van der Waals surface area contributed by atoms with Crippen LogP contribution in [-0.2, 0) is 6.42 Å². The highest BCUT2D eigenvalue weighted by molar-refractivity contribution is 6.30. The summed E-state index contributed by atoms with van der Waals surface area (Å²) in [7, 11) is 0. The minimum absolute atomic E-state index is 0.0204. The van der Waals surface area contributed by atoms with Gasteiger partial charge in [0.15, 0.2) is 5.65 Å². The van der Waals surface area contributed by atoms with Gasteiger partial charge in [0, 0.05) is 43.2 Å². The number of benzene rings is 3. The zero-order valence-electron chi connectivity index (χ0n) is 21.1. The average molecular weight is 523 g/mol. The van der Waals surface area contributed by atoms with Gasteiger partial charge in [-0.2, -0.15) is 5.10 Å². The minimum atomic E-state index is 0.0204. The third-order valence-corrected chi connectivity index (χ3v) is 7.14. The second-order valence-electron chi connectivity index (χ2n) is 9.44. The van der Waals surface area contributed by atoms with Crippen molar-refractivity contribution in [1.82, 2.24) is 24.6 Å². The molecule has 190 valence electrons. The molecule has 0 atom stereocenters. The van der Waals surface area contributed by atoms with E-state index in [1.165, 1.54) is 0 Å². The van der Waals surface area contributed by atoms with Crippen LogP contribution in [0.4, 0.5) is 5.82 Å². The average Bonchev–Trinajstić information content (AvgIpc) is 3.30. The summed E-state index contributed by atoms with van der Waals surface area (Å²) in [6.07, 6.45) is 0.623. The molecule has 6 rings (SSSR count). The number of piperazine rings is 1. The molecule has 0 bridgehead atoms. The minimum Gasteiger partial charge on any atom is -0.352 e. The molecule has 1 aliphatic rings. The lowest BCUT2D eigenvalue weighted by atomic mass is 10.1. The number of fused-ring (bicyclic) bond motifs is 1. The molecule has 0 aliphatic carbocycles. The Bertz CT molecular complexity index is 1580. The normalized spacial score (nSPS) is 13.7. The van der Waals surface area contributed by atoms with Gasteiger partial charge in [-0.25, -0.2) is 14.6 Å². The number of carbonyl (C=O) groups is 1. The zero-order chi connectivity index (χ0) is 26.1. The fourth-order valence-electron chi connectivity index (χ4n) is 4.94. The van der Waals surface area contributed by atoms with Crippen LogP contribution in [0.25, 0.3) is 16.7 Å². The van der Waals surface area contributed by atoms with Crippen molar-refractivity contribution in [3.63, 3.8) is 0 Å². The number of anilines is 1. The predicted octanol–water partition coefficient (Wildman–Crippen LogP) is 5.33. The molecule has 0 N–H and O–H groups in total. The highest BCUT2D eigenvalue weighted by atomic mass is 35.5. The zero-order valence-corrected chi connectivity index (χ0v) is 21.8. The van der Waals surface area contributed by atoms with Gasteiger partial charge in [0.25, 0.3) is 5.91 Å². The van der Waals surface area contributed by atoms with Crippen molar-refractivity contribution in [2.75, 3.05) is 31.1 Å². The van der Waals surface area contributed by atoms with Gasteiger partial charge in [0.1, 0.15) is 11.6 Å². The van der Waals surface area contributed by atoms with Crippen LogP contribution in [0.3, 0.4) is 0 Å². The van der Waals surface area contributed by atoms with E-state index in [0.717, 1.165) is 39.6 Å². The van der Waals surface area contributed by atoms with Crippen molar-refractivity contribution in [2.24, 2.45) is 0 Å². The van der Waals surface area contributed by atoms with Crippen molar-refractivity contribution in [3.05, 3.63) is 113 Å². The number of aryl methyl sites for hydroxylation is 1. The first kappa shape index (κ1) is 24.1. The van der Waals surface area contributed by atoms with E-state index in [9.17, 15) is 4.79 Å². The van der Waals surface area contributed by atoms with Gasteiger partial charge < -0.3 is 9.80 Å². The van der Waals surface area contributed by atoms with Crippen LogP contribution in [0.1, 0.15) is 27.4 Å². The summed E-state index contributed by atoms with van der Waals surface area (Å²) in [6.45, 7) is 4.56. The van der Waals surface area contributed by atoms with Crippen LogP contribution < -0.4 is 4.90 Å². The van der Waals surface area contributed by atoms with E-state index in [4.69, 9.17) is 26.7 Å². The van der Waals surface area contributed by atoms with Gasteiger partial charge in [-0.1, -0.05) is 60.1 Å². The maximum atomic E-state index is 13.1. The van der Waals surface area contributed by atoms with Crippen LogP contribution in [0, 0.1) is 6.92 Å². The van der Waals surface area contributed by atoms with Gasteiger partial charge in [-0.05, 0) is 48.9 Å². The smallest absolute Gasteiger partial charge is 0.253 e. The van der Waals surface area contributed by atoms with Crippen LogP contribution in [0.15, 0.2) is 84.9 Å². The topological polar surface area (TPSA) is 67.2 Å². The fraction of sp³-hybridized carbons (Fsp3) is 0.200. The lowest BCUT2D eigenvalue weighted by molar-refractivity contribution is 0.0746. The SMILES string of the molecule is Cc1nn(-c2ccccc2)c2nc(Cc3ccccc3)nc(N3CCN(C(=O)c4ccc(Cl)cc4)CC3)c12. The molecular weight excluding hydrogens is 496 g/mol. The summed E-state index contributed by atoms with van der Waals surface area (Å²) < 4.78 is 1.91. The van der Waals surface area contributed by atoms with Gasteiger partial charge in [0.05, 0.1) is 16.8 Å². The number of para-hydroxylation sites is 1. The number of halogens is 1. The number of hydrogen-bond donors (Lipinski definition) is 0. The molecule has 1 saturated heterocycles. The molecule has 5 aromatic rings. The van der Waals surface area contributed by atoms with Crippen molar-refractivity contribution in [3.8, 4) is 5.69 Å². The van der Waals surface area contributed by atoms with E-state index < -0.39 is 0 Å². The maximum Gasteiger partial charge on any atom is 0.253 e. The molecule has 2 aromatic heterocycles. The van der Waals surface area contributed by atoms with E-state index in [2.05, 4.69) is 17.0 Å². The molecule has 38 heavy (non-hydrogen) atoms. The quantitative estimate of drug-likeness (QED) is 0.312. The van der Waals surface area contributed by atoms with Crippen molar-refractivity contribution in [2.45, 2.75) is 13.3 Å². The van der Waals surface area contributed by atoms with Crippen LogP contribution in [0.5, 0.6) is 0 Å². The van der Waals surface area contributed by atoms with E-state index in [-0.39, 0.29) is 5.91 Å². The molecule has 0 unspecified atom stereocenters. The molecule has 8 heteroatoms. The second kappa shape index (κ2) is 10.3. The first-order chi connectivity index (χ1) is 18.6. The van der Waals surface area contributed by atoms with Gasteiger partial charge in [-0.15, -0.1) is 0 Å². The Kier molecular flexibility index (Phi) is 6.52. The molecule has 0 spiro atoms. The second-order valence-corrected chi connectivity index (χ2v) is 9.88. The molecule has 3 aromatic carbocycles. The largest absolute Gasteiger partial charge is 0.352 e. The van der Waals surface area contributed by atoms with Crippen molar-refractivity contribution in [1.29, 1.82) is 0 Å². The number of hydrogen-bond acceptors (Lipinski definition) is 5. The fourth-order valence-corrected chi connectivity index (χ4v) is 5.06. The molecular formula is C30H27ClN6O. The highest BCUT2D eigenvalue weighted by Gasteiger charge is 2.27. The monoisotopic (exact) mass is 522 g/mol. The van der Waals surface area contributed by atoms with Crippen LogP contribution in [-0.4, -0.2) is 56.7 Å². The Hall–Kier alpha value is -4.23. The predicted molar refractivity (Wildman–Crippen MR) is 150 cm³/mol. The van der Waals surface area contributed by atoms with E-state index in [1.807, 2.05) is 65.0 Å². The number of aromatic nitrogens is 4. The first-order valence-electron chi connectivity index (χ1n) is 12.7. The lowest BCUT2D eigenvalue weighted by Crippen LogP contribution is -2.49. The molecule has 3 heterocycles. The first-order valence-corrected chi connectivity index (χ1v) is 13.1. The van der Waals surface area contributed by atoms with Gasteiger partial charge in [0.2, 0.25) is 0 Å². The number of amides is 1. The van der Waals surface area contributed by atoms with Crippen LogP contribution in [0.2, 0.25) is 5.02 Å². The molecule has 0 saturated carbocycles. The van der Waals surface area contributed by atoms with Crippen molar-refractivity contribution >= 4 is 34.4 Å². The Labute approximate surface area is 226 Å². The van der Waals surface area contributed by atoms with E-state index in [1.54, 1.807) is 24.3 Å². The number of nitrogens with zero attached hydrogens (tertiary/aromatic N) is 6. The van der Waals surface area contributed by atoms with Gasteiger partial charge in [-0.3, -0.25) is 4.79 Å². The Morgan fingerprint density at radius 1 is 0.842 bits per heavy atom. The Balaban J connectivity index is 1.35. The summed E-state index contributed by atoms with van der Waals surface area (Å²) in [5.74, 6) is 1.64. The molecule has 1 amide bonds. The third-order valence-electron chi connectivity index (χ3n) is 6.89. The number of carbonyl (C=O) groups excluding carboxylic acids is 1. The molecule has 0 radical (unpaired) electrons. The molecule has 7 nitrogen and oxygen atoms in total. The van der Waals surface area contributed by atoms with Crippen LogP contribution >= 0.6 is 11.6 Å². The van der Waals surface area contributed by atoms with Crippen molar-refractivity contribution < 1.29 is 4.79 Å². The number of rotatable bonds is 5. The van der Waals surface area contributed by atoms with E-state index >= 15 is 0 Å². The lowest BCUT2D eigenvalue weighted by Gasteiger charge is -2.35. The molecule has 1 fully saturated rings. The summed E-state index contributed by atoms with van der Waals surface area (Å²) in [6, 6.07) is 27.4. The molecule has 1 aliphatic heterocycles. The van der Waals surface area contributed by atoms with Gasteiger partial charge >= 0.3 is 0 Å².